The number of hydrogen-bond donors (Lipinski definition) is 5. The lowest BCUT2D eigenvalue weighted by atomic mass is 10.0. The average molecular weight is 328 g/mol. The van der Waals surface area contributed by atoms with Gasteiger partial charge < -0.3 is 27.8 Å². The summed E-state index contributed by atoms with van der Waals surface area (Å²) in [6.45, 7) is 5.54. The molecule has 0 saturated heterocycles. The van der Waals surface area contributed by atoms with Crippen molar-refractivity contribution in [2.45, 2.75) is 52.1 Å². The molecule has 8 N–H and O–H groups in total. The number of nitrogens with zero attached hydrogens (tertiary/aromatic N) is 1. The Morgan fingerprint density at radius 3 is 2.09 bits per heavy atom. The Balaban J connectivity index is 4.68. The lowest BCUT2D eigenvalue weighted by Gasteiger charge is -2.22. The van der Waals surface area contributed by atoms with Gasteiger partial charge in [0.15, 0.2) is 5.96 Å². The molecule has 0 aromatic heterocycles. The van der Waals surface area contributed by atoms with Gasteiger partial charge in [-0.3, -0.25) is 19.4 Å². The summed E-state index contributed by atoms with van der Waals surface area (Å²) in [4.78, 5) is 38.7. The van der Waals surface area contributed by atoms with E-state index in [4.69, 9.17) is 17.2 Å². The summed E-state index contributed by atoms with van der Waals surface area (Å²) in [5, 5.41) is 5.16. The first kappa shape index (κ1) is 20.7. The van der Waals surface area contributed by atoms with E-state index in [0.29, 0.717) is 25.8 Å². The largest absolute Gasteiger partial charge is 0.370 e. The van der Waals surface area contributed by atoms with Crippen LogP contribution in [0.2, 0.25) is 0 Å². The second kappa shape index (κ2) is 10.4. The van der Waals surface area contributed by atoms with E-state index < -0.39 is 23.9 Å². The predicted octanol–water partition coefficient (Wildman–Crippen LogP) is -1.44. The molecule has 9 heteroatoms. The van der Waals surface area contributed by atoms with E-state index in [1.54, 1.807) is 0 Å². The third kappa shape index (κ3) is 10.1. The monoisotopic (exact) mass is 328 g/mol. The highest BCUT2D eigenvalue weighted by atomic mass is 16.2. The quantitative estimate of drug-likeness (QED) is 0.188. The molecule has 0 bridgehead atoms. The van der Waals surface area contributed by atoms with Gasteiger partial charge in [-0.15, -0.1) is 0 Å². The maximum Gasteiger partial charge on any atom is 0.243 e. The Bertz CT molecular complexity index is 446. The number of primary amides is 1. The molecular formula is C14H28N6O3. The fourth-order valence-corrected chi connectivity index (χ4v) is 2.01. The van der Waals surface area contributed by atoms with E-state index in [9.17, 15) is 14.4 Å². The molecule has 0 aliphatic rings. The standard InChI is InChI=1S/C14H28N6O3/c1-8(2)7-11(19-9(3)21)13(23)20-10(12(15)22)5-4-6-18-14(16)17/h8,10-11H,4-7H2,1-3H3,(H2,15,22)(H,19,21)(H,20,23)(H4,16,17,18). The van der Waals surface area contributed by atoms with E-state index in [-0.39, 0.29) is 17.8 Å². The number of rotatable bonds is 10. The molecule has 0 radical (unpaired) electrons. The molecule has 9 nitrogen and oxygen atoms in total. The molecule has 2 atom stereocenters. The van der Waals surface area contributed by atoms with Crippen molar-refractivity contribution in [1.29, 1.82) is 0 Å². The zero-order valence-electron chi connectivity index (χ0n) is 14.0. The van der Waals surface area contributed by atoms with Crippen molar-refractivity contribution in [2.24, 2.45) is 28.1 Å². The van der Waals surface area contributed by atoms with Crippen LogP contribution in [-0.2, 0) is 14.4 Å². The van der Waals surface area contributed by atoms with Crippen LogP contribution in [0.3, 0.4) is 0 Å². The first-order valence-corrected chi connectivity index (χ1v) is 7.55. The predicted molar refractivity (Wildman–Crippen MR) is 88.1 cm³/mol. The minimum Gasteiger partial charge on any atom is -0.370 e. The highest BCUT2D eigenvalue weighted by molar-refractivity contribution is 5.91. The van der Waals surface area contributed by atoms with Gasteiger partial charge in [0, 0.05) is 13.5 Å². The van der Waals surface area contributed by atoms with Gasteiger partial charge in [-0.25, -0.2) is 0 Å². The Morgan fingerprint density at radius 2 is 1.65 bits per heavy atom. The highest BCUT2D eigenvalue weighted by Crippen LogP contribution is 2.06. The molecule has 0 rings (SSSR count). The lowest BCUT2D eigenvalue weighted by Crippen LogP contribution is -2.53. The molecule has 0 fully saturated rings. The topological polar surface area (TPSA) is 166 Å². The molecule has 0 aliphatic carbocycles. The van der Waals surface area contributed by atoms with Crippen molar-refractivity contribution in [3.63, 3.8) is 0 Å². The van der Waals surface area contributed by atoms with Crippen molar-refractivity contribution < 1.29 is 14.4 Å². The zero-order chi connectivity index (χ0) is 18.0. The van der Waals surface area contributed by atoms with E-state index in [0.717, 1.165) is 0 Å². The normalized spacial score (nSPS) is 13.0. The third-order valence-corrected chi connectivity index (χ3v) is 3.01. The Hall–Kier alpha value is -2.32. The SMILES string of the molecule is CC(=O)NC(CC(C)C)C(=O)NC(CCCN=C(N)N)C(N)=O. The number of hydrogen-bond acceptors (Lipinski definition) is 4. The van der Waals surface area contributed by atoms with Crippen LogP contribution in [0.25, 0.3) is 0 Å². The van der Waals surface area contributed by atoms with Crippen molar-refractivity contribution in [3.05, 3.63) is 0 Å². The number of carbonyl (C=O) groups is 3. The molecule has 0 saturated carbocycles. The Kier molecular flexibility index (Phi) is 9.36. The molecular weight excluding hydrogens is 300 g/mol. The Morgan fingerprint density at radius 1 is 1.04 bits per heavy atom. The maximum atomic E-state index is 12.3. The second-order valence-corrected chi connectivity index (χ2v) is 5.80. The molecule has 3 amide bonds. The second-order valence-electron chi connectivity index (χ2n) is 5.80. The summed E-state index contributed by atoms with van der Waals surface area (Å²) in [7, 11) is 0. The summed E-state index contributed by atoms with van der Waals surface area (Å²) in [5.74, 6) is -1.22. The number of aliphatic imine (C=N–C) groups is 1. The minimum absolute atomic E-state index is 0.0349. The zero-order valence-corrected chi connectivity index (χ0v) is 14.0. The first-order valence-electron chi connectivity index (χ1n) is 7.55. The average Bonchev–Trinajstić information content (AvgIpc) is 2.39. The highest BCUT2D eigenvalue weighted by Gasteiger charge is 2.25. The number of carbonyl (C=O) groups excluding carboxylic acids is 3. The van der Waals surface area contributed by atoms with Crippen LogP contribution in [0.1, 0.15) is 40.0 Å². The van der Waals surface area contributed by atoms with Crippen molar-refractivity contribution in [1.82, 2.24) is 10.6 Å². The molecule has 23 heavy (non-hydrogen) atoms. The van der Waals surface area contributed by atoms with E-state index in [1.165, 1.54) is 6.92 Å². The van der Waals surface area contributed by atoms with Crippen LogP contribution >= 0.6 is 0 Å². The van der Waals surface area contributed by atoms with Crippen LogP contribution in [0.15, 0.2) is 4.99 Å². The molecule has 0 aliphatic heterocycles. The Labute approximate surface area is 136 Å². The number of guanidine groups is 1. The van der Waals surface area contributed by atoms with Crippen LogP contribution in [0, 0.1) is 5.92 Å². The number of nitrogens with one attached hydrogen (secondary N) is 2. The van der Waals surface area contributed by atoms with Gasteiger partial charge in [0.1, 0.15) is 12.1 Å². The summed E-state index contributed by atoms with van der Waals surface area (Å²) >= 11 is 0. The summed E-state index contributed by atoms with van der Waals surface area (Å²) in [6.07, 6.45) is 1.26. The van der Waals surface area contributed by atoms with Gasteiger partial charge in [0.25, 0.3) is 0 Å². The molecule has 0 aromatic rings. The fourth-order valence-electron chi connectivity index (χ4n) is 2.01. The van der Waals surface area contributed by atoms with E-state index in [2.05, 4.69) is 15.6 Å². The number of amides is 3. The van der Waals surface area contributed by atoms with Crippen LogP contribution in [0.5, 0.6) is 0 Å². The number of nitrogens with two attached hydrogens (primary N) is 3. The molecule has 132 valence electrons. The van der Waals surface area contributed by atoms with Gasteiger partial charge >= 0.3 is 0 Å². The lowest BCUT2D eigenvalue weighted by molar-refractivity contribution is -0.131. The van der Waals surface area contributed by atoms with Crippen molar-refractivity contribution in [2.75, 3.05) is 6.54 Å². The van der Waals surface area contributed by atoms with Gasteiger partial charge in [-0.05, 0) is 25.2 Å². The van der Waals surface area contributed by atoms with Gasteiger partial charge in [0.2, 0.25) is 17.7 Å². The van der Waals surface area contributed by atoms with E-state index >= 15 is 0 Å². The minimum atomic E-state index is -0.833. The summed E-state index contributed by atoms with van der Waals surface area (Å²) in [5.41, 5.74) is 15.7. The van der Waals surface area contributed by atoms with E-state index in [1.807, 2.05) is 13.8 Å². The third-order valence-electron chi connectivity index (χ3n) is 3.01. The summed E-state index contributed by atoms with van der Waals surface area (Å²) in [6, 6.07) is -1.54. The van der Waals surface area contributed by atoms with Gasteiger partial charge in [-0.2, -0.15) is 0 Å². The van der Waals surface area contributed by atoms with Gasteiger partial charge in [0.05, 0.1) is 0 Å². The van der Waals surface area contributed by atoms with Gasteiger partial charge in [-0.1, -0.05) is 13.8 Å². The molecule has 2 unspecified atom stereocenters. The fraction of sp³-hybridized carbons (Fsp3) is 0.714. The maximum absolute atomic E-state index is 12.3. The van der Waals surface area contributed by atoms with Crippen molar-refractivity contribution in [3.8, 4) is 0 Å². The van der Waals surface area contributed by atoms with Crippen LogP contribution < -0.4 is 27.8 Å². The smallest absolute Gasteiger partial charge is 0.243 e. The molecule has 0 spiro atoms. The summed E-state index contributed by atoms with van der Waals surface area (Å²) < 4.78 is 0. The molecule has 0 aromatic carbocycles. The first-order chi connectivity index (χ1) is 10.6. The van der Waals surface area contributed by atoms with Crippen LogP contribution in [-0.4, -0.2) is 42.3 Å². The molecule has 0 heterocycles. The van der Waals surface area contributed by atoms with Crippen molar-refractivity contribution >= 4 is 23.7 Å². The van der Waals surface area contributed by atoms with Crippen LogP contribution in [0.4, 0.5) is 0 Å².